The van der Waals surface area contributed by atoms with Crippen molar-refractivity contribution in [1.82, 2.24) is 0 Å². The fourth-order valence-electron chi connectivity index (χ4n) is 0.883. The van der Waals surface area contributed by atoms with Gasteiger partial charge in [-0.05, 0) is 0 Å². The van der Waals surface area contributed by atoms with E-state index in [0.29, 0.717) is 32.8 Å². The average molecular weight is 248 g/mol. The van der Waals surface area contributed by atoms with Gasteiger partial charge in [0.05, 0.1) is 26.4 Å². The van der Waals surface area contributed by atoms with Gasteiger partial charge in [0, 0.05) is 13.3 Å². The van der Waals surface area contributed by atoms with Crippen LogP contribution in [0.3, 0.4) is 0 Å². The van der Waals surface area contributed by atoms with Crippen molar-refractivity contribution in [3.05, 3.63) is 0 Å². The normalized spacial score (nSPS) is 10.0. The first-order chi connectivity index (χ1) is 8.16. The zero-order valence-corrected chi connectivity index (χ0v) is 10.4. The smallest absolute Gasteiger partial charge is 0.305 e. The Bertz CT molecular complexity index is 216. The van der Waals surface area contributed by atoms with Crippen molar-refractivity contribution in [1.29, 1.82) is 0 Å². The van der Waals surface area contributed by atoms with E-state index < -0.39 is 0 Å². The van der Waals surface area contributed by atoms with Crippen LogP contribution in [-0.4, -0.2) is 51.6 Å². The standard InChI is InChI=1S/C11H20O6/c1-3-11(13)17-9-7-15-5-4-14-6-8-16-10(2)12/h3-9H2,1-2H3. The minimum Gasteiger partial charge on any atom is -0.463 e. The average Bonchev–Trinajstić information content (AvgIpc) is 2.30. The molecule has 6 heteroatoms. The Morgan fingerprint density at radius 3 is 1.76 bits per heavy atom. The molecule has 0 spiro atoms. The molecule has 0 amide bonds. The van der Waals surface area contributed by atoms with Crippen LogP contribution in [0.25, 0.3) is 0 Å². The molecule has 0 unspecified atom stereocenters. The fraction of sp³-hybridized carbons (Fsp3) is 0.818. The lowest BCUT2D eigenvalue weighted by Gasteiger charge is -2.06. The van der Waals surface area contributed by atoms with E-state index in [1.165, 1.54) is 6.92 Å². The third-order valence-corrected chi connectivity index (χ3v) is 1.68. The van der Waals surface area contributed by atoms with E-state index in [1.54, 1.807) is 6.92 Å². The van der Waals surface area contributed by atoms with Crippen LogP contribution in [0.1, 0.15) is 20.3 Å². The van der Waals surface area contributed by atoms with Crippen LogP contribution in [0.2, 0.25) is 0 Å². The van der Waals surface area contributed by atoms with Crippen molar-refractivity contribution < 1.29 is 28.5 Å². The number of carbonyl (C=O) groups is 2. The lowest BCUT2D eigenvalue weighted by atomic mass is 10.5. The van der Waals surface area contributed by atoms with E-state index in [1.807, 2.05) is 0 Å². The van der Waals surface area contributed by atoms with Crippen molar-refractivity contribution in [3.63, 3.8) is 0 Å². The predicted octanol–water partition coefficient (Wildman–Crippen LogP) is 0.536. The van der Waals surface area contributed by atoms with Gasteiger partial charge in [-0.25, -0.2) is 0 Å². The van der Waals surface area contributed by atoms with Gasteiger partial charge in [-0.2, -0.15) is 0 Å². The molecule has 0 saturated carbocycles. The van der Waals surface area contributed by atoms with Gasteiger partial charge in [-0.15, -0.1) is 0 Å². The summed E-state index contributed by atoms with van der Waals surface area (Å²) >= 11 is 0. The summed E-state index contributed by atoms with van der Waals surface area (Å²) in [6.07, 6.45) is 0.374. The molecule has 0 aromatic rings. The van der Waals surface area contributed by atoms with Gasteiger partial charge in [0.15, 0.2) is 0 Å². The van der Waals surface area contributed by atoms with E-state index in [4.69, 9.17) is 14.2 Å². The van der Waals surface area contributed by atoms with Crippen molar-refractivity contribution in [2.75, 3.05) is 39.6 Å². The highest BCUT2D eigenvalue weighted by atomic mass is 16.6. The monoisotopic (exact) mass is 248 g/mol. The Balaban J connectivity index is 3.03. The topological polar surface area (TPSA) is 71.1 Å². The van der Waals surface area contributed by atoms with E-state index in [9.17, 15) is 9.59 Å². The van der Waals surface area contributed by atoms with Gasteiger partial charge in [0.1, 0.15) is 13.2 Å². The molecule has 6 nitrogen and oxygen atoms in total. The molecule has 0 aliphatic rings. The van der Waals surface area contributed by atoms with Gasteiger partial charge in [-0.1, -0.05) is 6.92 Å². The summed E-state index contributed by atoms with van der Waals surface area (Å²) in [6, 6.07) is 0. The summed E-state index contributed by atoms with van der Waals surface area (Å²) < 4.78 is 19.7. The van der Waals surface area contributed by atoms with Gasteiger partial charge in [-0.3, -0.25) is 9.59 Å². The Hall–Kier alpha value is -1.14. The van der Waals surface area contributed by atoms with Crippen LogP contribution >= 0.6 is 0 Å². The number of rotatable bonds is 10. The number of ether oxygens (including phenoxy) is 4. The van der Waals surface area contributed by atoms with E-state index >= 15 is 0 Å². The van der Waals surface area contributed by atoms with Gasteiger partial charge >= 0.3 is 11.9 Å². The lowest BCUT2D eigenvalue weighted by Crippen LogP contribution is -2.14. The molecule has 0 saturated heterocycles. The molecule has 0 bridgehead atoms. The Morgan fingerprint density at radius 2 is 1.29 bits per heavy atom. The molecule has 0 radical (unpaired) electrons. The van der Waals surface area contributed by atoms with E-state index in [0.717, 1.165) is 0 Å². The molecular formula is C11H20O6. The Kier molecular flexibility index (Phi) is 10.6. The second kappa shape index (κ2) is 11.3. The van der Waals surface area contributed by atoms with Crippen LogP contribution in [-0.2, 0) is 28.5 Å². The van der Waals surface area contributed by atoms with Crippen molar-refractivity contribution in [2.45, 2.75) is 20.3 Å². The molecule has 0 aliphatic carbocycles. The summed E-state index contributed by atoms with van der Waals surface area (Å²) in [5.74, 6) is -0.547. The zero-order chi connectivity index (χ0) is 12.9. The zero-order valence-electron chi connectivity index (χ0n) is 10.4. The van der Waals surface area contributed by atoms with E-state index in [2.05, 4.69) is 4.74 Å². The Morgan fingerprint density at radius 1 is 0.824 bits per heavy atom. The highest BCUT2D eigenvalue weighted by Gasteiger charge is 1.97. The second-order valence-electron chi connectivity index (χ2n) is 3.14. The summed E-state index contributed by atoms with van der Waals surface area (Å²) in [5.41, 5.74) is 0. The number of hydrogen-bond donors (Lipinski definition) is 0. The first-order valence-corrected chi connectivity index (χ1v) is 5.61. The van der Waals surface area contributed by atoms with Gasteiger partial charge in [0.25, 0.3) is 0 Å². The highest BCUT2D eigenvalue weighted by molar-refractivity contribution is 5.68. The highest BCUT2D eigenvalue weighted by Crippen LogP contribution is 1.86. The maximum Gasteiger partial charge on any atom is 0.305 e. The number of esters is 2. The molecule has 0 atom stereocenters. The van der Waals surface area contributed by atoms with Gasteiger partial charge in [0.2, 0.25) is 0 Å². The third-order valence-electron chi connectivity index (χ3n) is 1.68. The van der Waals surface area contributed by atoms with E-state index in [-0.39, 0.29) is 25.2 Å². The molecular weight excluding hydrogens is 228 g/mol. The van der Waals surface area contributed by atoms with Crippen LogP contribution in [0.4, 0.5) is 0 Å². The van der Waals surface area contributed by atoms with Gasteiger partial charge < -0.3 is 18.9 Å². The number of carbonyl (C=O) groups excluding carboxylic acids is 2. The van der Waals surface area contributed by atoms with Crippen LogP contribution in [0.5, 0.6) is 0 Å². The molecule has 0 aromatic carbocycles. The minimum absolute atomic E-state index is 0.230. The minimum atomic E-state index is -0.317. The second-order valence-corrected chi connectivity index (χ2v) is 3.14. The Labute approximate surface area is 101 Å². The predicted molar refractivity (Wildman–Crippen MR) is 59.5 cm³/mol. The SMILES string of the molecule is CCC(=O)OCCOCCOCCOC(C)=O. The third kappa shape index (κ3) is 12.8. The summed E-state index contributed by atoms with van der Waals surface area (Å²) in [6.45, 7) is 5.16. The largest absolute Gasteiger partial charge is 0.463 e. The molecule has 0 N–H and O–H groups in total. The fourth-order valence-corrected chi connectivity index (χ4v) is 0.883. The van der Waals surface area contributed by atoms with Crippen molar-refractivity contribution in [2.24, 2.45) is 0 Å². The molecule has 0 fully saturated rings. The summed E-state index contributed by atoms with van der Waals surface area (Å²) in [7, 11) is 0. The van der Waals surface area contributed by atoms with Crippen molar-refractivity contribution >= 4 is 11.9 Å². The summed E-state index contributed by atoms with van der Waals surface area (Å²) in [4.78, 5) is 21.1. The molecule has 100 valence electrons. The lowest BCUT2D eigenvalue weighted by molar-refractivity contribution is -0.145. The molecule has 0 aromatic heterocycles. The number of hydrogen-bond acceptors (Lipinski definition) is 6. The summed E-state index contributed by atoms with van der Waals surface area (Å²) in [5, 5.41) is 0. The van der Waals surface area contributed by atoms with Crippen molar-refractivity contribution in [3.8, 4) is 0 Å². The molecule has 0 heterocycles. The molecule has 0 aliphatic heterocycles. The first-order valence-electron chi connectivity index (χ1n) is 5.61. The van der Waals surface area contributed by atoms with Crippen LogP contribution in [0.15, 0.2) is 0 Å². The maximum atomic E-state index is 10.7. The molecule has 17 heavy (non-hydrogen) atoms. The first kappa shape index (κ1) is 15.9. The van der Waals surface area contributed by atoms with Crippen LogP contribution in [0, 0.1) is 0 Å². The molecule has 0 rings (SSSR count). The van der Waals surface area contributed by atoms with Crippen LogP contribution < -0.4 is 0 Å². The maximum absolute atomic E-state index is 10.7. The quantitative estimate of drug-likeness (QED) is 0.415.